The van der Waals surface area contributed by atoms with Crippen LogP contribution in [0.3, 0.4) is 0 Å². The Bertz CT molecular complexity index is 936. The SMILES string of the molecule is Cc1ccn2cc(C(=O)N3CCNCC3c3cccc(Cl)c3)nc2c1. The van der Waals surface area contributed by atoms with E-state index in [4.69, 9.17) is 11.6 Å². The molecule has 0 aliphatic carbocycles. The quantitative estimate of drug-likeness (QED) is 0.769. The molecule has 6 heteroatoms. The number of imidazole rings is 1. The molecule has 3 heterocycles. The molecule has 1 aromatic carbocycles. The molecule has 0 radical (unpaired) electrons. The summed E-state index contributed by atoms with van der Waals surface area (Å²) in [6.07, 6.45) is 3.73. The van der Waals surface area contributed by atoms with Crippen molar-refractivity contribution in [1.29, 1.82) is 0 Å². The van der Waals surface area contributed by atoms with E-state index >= 15 is 0 Å². The van der Waals surface area contributed by atoms with E-state index in [9.17, 15) is 4.79 Å². The number of nitrogens with one attached hydrogen (secondary N) is 1. The number of fused-ring (bicyclic) bond motifs is 1. The number of aryl methyl sites for hydroxylation is 1. The third kappa shape index (κ3) is 3.13. The van der Waals surface area contributed by atoms with Crippen LogP contribution in [0, 0.1) is 6.92 Å². The van der Waals surface area contributed by atoms with Crippen LogP contribution in [-0.4, -0.2) is 39.8 Å². The van der Waals surface area contributed by atoms with E-state index in [0.29, 0.717) is 23.8 Å². The topological polar surface area (TPSA) is 49.6 Å². The van der Waals surface area contributed by atoms with Gasteiger partial charge in [0, 0.05) is 37.1 Å². The molecule has 1 atom stereocenters. The monoisotopic (exact) mass is 354 g/mol. The number of hydrogen-bond acceptors (Lipinski definition) is 3. The van der Waals surface area contributed by atoms with Gasteiger partial charge in [0.15, 0.2) is 0 Å². The van der Waals surface area contributed by atoms with Gasteiger partial charge in [0.25, 0.3) is 5.91 Å². The summed E-state index contributed by atoms with van der Waals surface area (Å²) in [6.45, 7) is 4.14. The average molecular weight is 355 g/mol. The summed E-state index contributed by atoms with van der Waals surface area (Å²) in [6, 6.07) is 11.6. The van der Waals surface area contributed by atoms with Crippen LogP contribution < -0.4 is 5.32 Å². The van der Waals surface area contributed by atoms with Crippen LogP contribution in [0.5, 0.6) is 0 Å². The fourth-order valence-electron chi connectivity index (χ4n) is 3.29. The smallest absolute Gasteiger partial charge is 0.274 e. The summed E-state index contributed by atoms with van der Waals surface area (Å²) in [5, 5.41) is 4.04. The fraction of sp³-hybridized carbons (Fsp3) is 0.263. The van der Waals surface area contributed by atoms with Crippen LogP contribution in [-0.2, 0) is 0 Å². The van der Waals surface area contributed by atoms with Gasteiger partial charge in [-0.25, -0.2) is 4.98 Å². The Morgan fingerprint density at radius 2 is 2.20 bits per heavy atom. The van der Waals surface area contributed by atoms with Crippen molar-refractivity contribution < 1.29 is 4.79 Å². The summed E-state index contributed by atoms with van der Waals surface area (Å²) < 4.78 is 1.89. The summed E-state index contributed by atoms with van der Waals surface area (Å²) in [5.74, 6) is -0.0483. The number of piperazine rings is 1. The Balaban J connectivity index is 1.68. The second-order valence-electron chi connectivity index (χ2n) is 6.37. The van der Waals surface area contributed by atoms with Crippen molar-refractivity contribution in [3.63, 3.8) is 0 Å². The highest BCUT2D eigenvalue weighted by Gasteiger charge is 2.30. The van der Waals surface area contributed by atoms with Crippen molar-refractivity contribution in [3.8, 4) is 0 Å². The van der Waals surface area contributed by atoms with Gasteiger partial charge >= 0.3 is 0 Å². The summed E-state index contributed by atoms with van der Waals surface area (Å²) >= 11 is 6.14. The molecule has 0 spiro atoms. The van der Waals surface area contributed by atoms with Gasteiger partial charge in [0.2, 0.25) is 0 Å². The maximum atomic E-state index is 13.1. The minimum atomic E-state index is -0.0495. The van der Waals surface area contributed by atoms with Gasteiger partial charge in [0.1, 0.15) is 11.3 Å². The van der Waals surface area contributed by atoms with Crippen molar-refractivity contribution in [2.45, 2.75) is 13.0 Å². The number of amides is 1. The fourth-order valence-corrected chi connectivity index (χ4v) is 3.49. The first-order chi connectivity index (χ1) is 12.1. The molecule has 1 fully saturated rings. The Morgan fingerprint density at radius 3 is 3.04 bits per heavy atom. The molecule has 1 N–H and O–H groups in total. The highest BCUT2D eigenvalue weighted by molar-refractivity contribution is 6.30. The summed E-state index contributed by atoms with van der Waals surface area (Å²) in [5.41, 5.74) is 3.42. The maximum Gasteiger partial charge on any atom is 0.274 e. The lowest BCUT2D eigenvalue weighted by Crippen LogP contribution is -2.48. The average Bonchev–Trinajstić information content (AvgIpc) is 3.04. The number of hydrogen-bond donors (Lipinski definition) is 1. The molecule has 1 unspecified atom stereocenters. The van der Waals surface area contributed by atoms with E-state index in [1.807, 2.05) is 58.8 Å². The lowest BCUT2D eigenvalue weighted by molar-refractivity contribution is 0.0629. The van der Waals surface area contributed by atoms with Gasteiger partial charge in [-0.3, -0.25) is 4.79 Å². The second kappa shape index (κ2) is 6.50. The molecule has 0 saturated carbocycles. The van der Waals surface area contributed by atoms with Crippen molar-refractivity contribution in [2.24, 2.45) is 0 Å². The Hall–Kier alpha value is -2.37. The molecule has 4 rings (SSSR count). The summed E-state index contributed by atoms with van der Waals surface area (Å²) in [7, 11) is 0. The zero-order chi connectivity index (χ0) is 17.4. The highest BCUT2D eigenvalue weighted by atomic mass is 35.5. The van der Waals surface area contributed by atoms with Crippen molar-refractivity contribution in [2.75, 3.05) is 19.6 Å². The molecule has 1 saturated heterocycles. The Morgan fingerprint density at radius 1 is 1.32 bits per heavy atom. The van der Waals surface area contributed by atoms with Crippen LogP contribution in [0.4, 0.5) is 0 Å². The van der Waals surface area contributed by atoms with Crippen molar-refractivity contribution in [1.82, 2.24) is 19.6 Å². The molecule has 128 valence electrons. The van der Waals surface area contributed by atoms with Crippen LogP contribution >= 0.6 is 11.6 Å². The molecule has 25 heavy (non-hydrogen) atoms. The first-order valence-corrected chi connectivity index (χ1v) is 8.72. The zero-order valence-corrected chi connectivity index (χ0v) is 14.7. The van der Waals surface area contributed by atoms with Gasteiger partial charge < -0.3 is 14.6 Å². The van der Waals surface area contributed by atoms with E-state index in [1.165, 1.54) is 0 Å². The number of benzene rings is 1. The molecule has 1 aliphatic heterocycles. The second-order valence-corrected chi connectivity index (χ2v) is 6.81. The van der Waals surface area contributed by atoms with Crippen LogP contribution in [0.1, 0.15) is 27.7 Å². The van der Waals surface area contributed by atoms with E-state index in [0.717, 1.165) is 23.3 Å². The lowest BCUT2D eigenvalue weighted by atomic mass is 10.0. The predicted molar refractivity (Wildman–Crippen MR) is 98.0 cm³/mol. The molecular weight excluding hydrogens is 336 g/mol. The first kappa shape index (κ1) is 16.1. The number of pyridine rings is 1. The van der Waals surface area contributed by atoms with Gasteiger partial charge in [-0.15, -0.1) is 0 Å². The number of carbonyl (C=O) groups excluding carboxylic acids is 1. The van der Waals surface area contributed by atoms with E-state index in [2.05, 4.69) is 10.3 Å². The lowest BCUT2D eigenvalue weighted by Gasteiger charge is -2.36. The number of nitrogens with zero attached hydrogens (tertiary/aromatic N) is 3. The standard InChI is InChI=1S/C19H19ClN4O/c1-13-5-7-23-12-16(22-18(23)9-13)19(25)24-8-6-21-11-17(24)14-3-2-4-15(20)10-14/h2-5,7,9-10,12,17,21H,6,8,11H2,1H3. The third-order valence-corrected chi connectivity index (χ3v) is 4.81. The largest absolute Gasteiger partial charge is 0.328 e. The highest BCUT2D eigenvalue weighted by Crippen LogP contribution is 2.26. The third-order valence-electron chi connectivity index (χ3n) is 4.57. The molecule has 2 aromatic heterocycles. The number of halogens is 1. The van der Waals surface area contributed by atoms with E-state index in [-0.39, 0.29) is 11.9 Å². The minimum Gasteiger partial charge on any atom is -0.328 e. The minimum absolute atomic E-state index is 0.0483. The zero-order valence-electron chi connectivity index (χ0n) is 13.9. The predicted octanol–water partition coefficient (Wildman–Crippen LogP) is 3.08. The van der Waals surface area contributed by atoms with Crippen molar-refractivity contribution in [3.05, 3.63) is 70.6 Å². The molecule has 1 amide bonds. The number of carbonyl (C=O) groups is 1. The normalized spacial score (nSPS) is 17.8. The van der Waals surface area contributed by atoms with E-state index < -0.39 is 0 Å². The van der Waals surface area contributed by atoms with Crippen LogP contribution in [0.15, 0.2) is 48.8 Å². The van der Waals surface area contributed by atoms with Gasteiger partial charge in [0.05, 0.1) is 6.04 Å². The van der Waals surface area contributed by atoms with Gasteiger partial charge in [-0.1, -0.05) is 23.7 Å². The van der Waals surface area contributed by atoms with Gasteiger partial charge in [-0.2, -0.15) is 0 Å². The van der Waals surface area contributed by atoms with E-state index in [1.54, 1.807) is 6.20 Å². The van der Waals surface area contributed by atoms with Gasteiger partial charge in [-0.05, 0) is 42.3 Å². The molecular formula is C19H19ClN4O. The molecule has 1 aliphatic rings. The Kier molecular flexibility index (Phi) is 4.19. The number of aromatic nitrogens is 2. The maximum absolute atomic E-state index is 13.1. The molecule has 3 aromatic rings. The first-order valence-electron chi connectivity index (χ1n) is 8.34. The summed E-state index contributed by atoms with van der Waals surface area (Å²) in [4.78, 5) is 19.5. The molecule has 5 nitrogen and oxygen atoms in total. The van der Waals surface area contributed by atoms with Crippen molar-refractivity contribution >= 4 is 23.2 Å². The van der Waals surface area contributed by atoms with Crippen LogP contribution in [0.2, 0.25) is 5.02 Å². The number of rotatable bonds is 2. The molecule has 0 bridgehead atoms. The Labute approximate surface area is 151 Å². The van der Waals surface area contributed by atoms with Crippen LogP contribution in [0.25, 0.3) is 5.65 Å².